The van der Waals surface area contributed by atoms with Crippen molar-refractivity contribution < 1.29 is 55.0 Å². The number of carbonyl (C=O) groups excluding carboxylic acids is 2. The summed E-state index contributed by atoms with van der Waals surface area (Å²) in [6.45, 7) is 0. The number of hydrogen-bond donors (Lipinski definition) is 1. The van der Waals surface area contributed by atoms with Crippen molar-refractivity contribution in [3.63, 3.8) is 0 Å². The Labute approximate surface area is 151 Å². The first-order valence-corrected chi connectivity index (χ1v) is 9.71. The molecule has 3 heterocycles. The normalized spacial score (nSPS) is 41.3. The van der Waals surface area contributed by atoms with Crippen LogP contribution >= 0.6 is 0 Å². The van der Waals surface area contributed by atoms with Gasteiger partial charge < -0.3 is 23.7 Å². The molecule has 3 aliphatic heterocycles. The third-order valence-electron chi connectivity index (χ3n) is 5.11. The molecule has 1 aliphatic carbocycles. The Hall–Kier alpha value is -1.41. The van der Waals surface area contributed by atoms with Crippen molar-refractivity contribution in [2.45, 2.75) is 73.9 Å². The highest BCUT2D eigenvalue weighted by Gasteiger charge is 2.62. The SMILES string of the molecule is O=C1CC2OC3OC4(CCC(OC(=O)C(F)(F)S(=O)(=O)O)CC4)OC3C2O1. The van der Waals surface area contributed by atoms with Crippen LogP contribution in [-0.2, 0) is 43.4 Å². The van der Waals surface area contributed by atoms with Crippen LogP contribution < -0.4 is 0 Å². The summed E-state index contributed by atoms with van der Waals surface area (Å²) < 4.78 is 83.1. The Balaban J connectivity index is 1.34. The first-order valence-electron chi connectivity index (χ1n) is 8.27. The zero-order valence-electron chi connectivity index (χ0n) is 13.7. The Morgan fingerprint density at radius 3 is 2.52 bits per heavy atom. The van der Waals surface area contributed by atoms with Crippen LogP contribution in [0, 0.1) is 0 Å². The van der Waals surface area contributed by atoms with Crippen LogP contribution in [0.25, 0.3) is 0 Å². The zero-order chi connectivity index (χ0) is 19.6. The van der Waals surface area contributed by atoms with Gasteiger partial charge in [-0.1, -0.05) is 0 Å². The molecule has 1 spiro atoms. The molecule has 13 heteroatoms. The maximum Gasteiger partial charge on any atom is 0.465 e. The van der Waals surface area contributed by atoms with Crippen molar-refractivity contribution in [2.75, 3.05) is 0 Å². The molecule has 0 aromatic carbocycles. The van der Waals surface area contributed by atoms with E-state index in [0.717, 1.165) is 0 Å². The molecule has 27 heavy (non-hydrogen) atoms. The fourth-order valence-corrected chi connectivity index (χ4v) is 4.04. The lowest BCUT2D eigenvalue weighted by Crippen LogP contribution is -2.44. The van der Waals surface area contributed by atoms with Crippen LogP contribution in [0.3, 0.4) is 0 Å². The van der Waals surface area contributed by atoms with Crippen LogP contribution in [0.5, 0.6) is 0 Å². The van der Waals surface area contributed by atoms with Gasteiger partial charge in [-0.15, -0.1) is 0 Å². The maximum atomic E-state index is 13.3. The van der Waals surface area contributed by atoms with Crippen molar-refractivity contribution in [1.82, 2.24) is 0 Å². The third-order valence-corrected chi connectivity index (χ3v) is 5.93. The Morgan fingerprint density at radius 2 is 1.89 bits per heavy atom. The number of rotatable bonds is 3. The molecular formula is C14H16F2O10S. The zero-order valence-corrected chi connectivity index (χ0v) is 14.5. The summed E-state index contributed by atoms with van der Waals surface area (Å²) in [4.78, 5) is 22.7. The van der Waals surface area contributed by atoms with E-state index in [4.69, 9.17) is 23.5 Å². The summed E-state index contributed by atoms with van der Waals surface area (Å²) in [5, 5.41) is -5.03. The summed E-state index contributed by atoms with van der Waals surface area (Å²) >= 11 is 0. The Morgan fingerprint density at radius 1 is 1.22 bits per heavy atom. The Bertz CT molecular complexity index is 760. The van der Waals surface area contributed by atoms with Crippen LogP contribution in [0.1, 0.15) is 32.1 Å². The van der Waals surface area contributed by atoms with Gasteiger partial charge in [0.05, 0.1) is 6.42 Å². The molecule has 4 rings (SSSR count). The topological polar surface area (TPSA) is 135 Å². The first kappa shape index (κ1) is 18.9. The minimum absolute atomic E-state index is 0.0701. The molecule has 0 radical (unpaired) electrons. The minimum atomic E-state index is -5.91. The summed E-state index contributed by atoms with van der Waals surface area (Å²) in [5.41, 5.74) is 0. The highest BCUT2D eigenvalue weighted by atomic mass is 32.2. The van der Waals surface area contributed by atoms with Gasteiger partial charge in [0.15, 0.2) is 24.3 Å². The molecule has 10 nitrogen and oxygen atoms in total. The van der Waals surface area contributed by atoms with E-state index < -0.39 is 57.8 Å². The summed E-state index contributed by atoms with van der Waals surface area (Å²) in [6, 6.07) is 0. The third kappa shape index (κ3) is 3.10. The average molecular weight is 414 g/mol. The second-order valence-corrected chi connectivity index (χ2v) is 8.37. The number of esters is 2. The number of carbonyl (C=O) groups is 2. The highest BCUT2D eigenvalue weighted by molar-refractivity contribution is 7.87. The fourth-order valence-electron chi connectivity index (χ4n) is 3.78. The van der Waals surface area contributed by atoms with Crippen molar-refractivity contribution in [1.29, 1.82) is 0 Å². The highest BCUT2D eigenvalue weighted by Crippen LogP contribution is 2.48. The molecule has 4 unspecified atom stereocenters. The van der Waals surface area contributed by atoms with Gasteiger partial charge in [0.1, 0.15) is 12.2 Å². The van der Waals surface area contributed by atoms with Crippen molar-refractivity contribution >= 4 is 22.1 Å². The molecule has 4 atom stereocenters. The number of fused-ring (bicyclic) bond motifs is 3. The van der Waals surface area contributed by atoms with E-state index in [9.17, 15) is 26.8 Å². The average Bonchev–Trinajstić information content (AvgIpc) is 3.17. The quantitative estimate of drug-likeness (QED) is 0.501. The van der Waals surface area contributed by atoms with E-state index in [1.807, 2.05) is 0 Å². The van der Waals surface area contributed by atoms with Crippen LogP contribution in [0.4, 0.5) is 8.78 Å². The van der Waals surface area contributed by atoms with Crippen molar-refractivity contribution in [3.8, 4) is 0 Å². The van der Waals surface area contributed by atoms with Crippen molar-refractivity contribution in [3.05, 3.63) is 0 Å². The molecular weight excluding hydrogens is 398 g/mol. The molecule has 0 bridgehead atoms. The van der Waals surface area contributed by atoms with E-state index in [1.165, 1.54) is 0 Å². The van der Waals surface area contributed by atoms with Gasteiger partial charge in [0, 0.05) is 12.8 Å². The Kier molecular flexibility index (Phi) is 4.24. The largest absolute Gasteiger partial charge is 0.465 e. The lowest BCUT2D eigenvalue weighted by molar-refractivity contribution is -0.249. The molecule has 1 N–H and O–H groups in total. The first-order chi connectivity index (χ1) is 12.5. The second-order valence-electron chi connectivity index (χ2n) is 6.91. The number of ether oxygens (including phenoxy) is 5. The van der Waals surface area contributed by atoms with Gasteiger partial charge in [0.2, 0.25) is 0 Å². The maximum absolute atomic E-state index is 13.3. The van der Waals surface area contributed by atoms with Gasteiger partial charge in [0.25, 0.3) is 0 Å². The fraction of sp³-hybridized carbons (Fsp3) is 0.857. The molecule has 0 amide bonds. The molecule has 152 valence electrons. The summed E-state index contributed by atoms with van der Waals surface area (Å²) in [7, 11) is -5.91. The van der Waals surface area contributed by atoms with Gasteiger partial charge in [-0.05, 0) is 12.8 Å². The standard InChI is InChI=1S/C14H16F2O10S/c15-14(16,27(19,20)21)12(18)22-6-1-3-13(4-2-6)25-10-9-7(5-8(17)24-9)23-11(10)26-13/h6-7,9-11H,1-5H2,(H,19,20,21). The predicted molar refractivity (Wildman–Crippen MR) is 76.7 cm³/mol. The van der Waals surface area contributed by atoms with Crippen LogP contribution in [0.15, 0.2) is 0 Å². The molecule has 0 aromatic heterocycles. The molecule has 4 fully saturated rings. The van der Waals surface area contributed by atoms with Gasteiger partial charge >= 0.3 is 27.3 Å². The van der Waals surface area contributed by atoms with E-state index in [-0.39, 0.29) is 38.1 Å². The van der Waals surface area contributed by atoms with Crippen LogP contribution in [0.2, 0.25) is 0 Å². The van der Waals surface area contributed by atoms with Gasteiger partial charge in [-0.25, -0.2) is 4.79 Å². The van der Waals surface area contributed by atoms with E-state index in [2.05, 4.69) is 4.74 Å². The van der Waals surface area contributed by atoms with Gasteiger partial charge in [-0.2, -0.15) is 17.2 Å². The summed E-state index contributed by atoms with van der Waals surface area (Å²) in [6.07, 6.45) is -2.68. The number of hydrogen-bond acceptors (Lipinski definition) is 9. The van der Waals surface area contributed by atoms with E-state index >= 15 is 0 Å². The number of halogens is 2. The molecule has 1 saturated carbocycles. The monoisotopic (exact) mass is 414 g/mol. The minimum Gasteiger partial charge on any atom is -0.457 e. The summed E-state index contributed by atoms with van der Waals surface area (Å²) in [5.74, 6) is -3.80. The lowest BCUT2D eigenvalue weighted by Gasteiger charge is -2.36. The molecule has 0 aromatic rings. The van der Waals surface area contributed by atoms with Crippen molar-refractivity contribution in [2.24, 2.45) is 0 Å². The van der Waals surface area contributed by atoms with Crippen LogP contribution in [-0.4, -0.2) is 66.7 Å². The number of alkyl halides is 2. The smallest absolute Gasteiger partial charge is 0.457 e. The van der Waals surface area contributed by atoms with E-state index in [0.29, 0.717) is 0 Å². The lowest BCUT2D eigenvalue weighted by atomic mass is 9.91. The molecule has 4 aliphatic rings. The second kappa shape index (κ2) is 6.04. The molecule has 3 saturated heterocycles. The van der Waals surface area contributed by atoms with Gasteiger partial charge in [-0.3, -0.25) is 9.35 Å². The predicted octanol–water partition coefficient (Wildman–Crippen LogP) is 0.105. The van der Waals surface area contributed by atoms with E-state index in [1.54, 1.807) is 0 Å².